The minimum absolute atomic E-state index is 0.0357. The first-order chi connectivity index (χ1) is 10.5. The van der Waals surface area contributed by atoms with Crippen molar-refractivity contribution < 1.29 is 19.8 Å². The molecule has 2 aromatic rings. The minimum Gasteiger partial charge on any atom is -0.508 e. The van der Waals surface area contributed by atoms with Crippen LogP contribution in [0.15, 0.2) is 54.6 Å². The second kappa shape index (κ2) is 6.30. The number of carboxylic acid groups (broad SMARTS) is 1. The van der Waals surface area contributed by atoms with Crippen LogP contribution in [-0.4, -0.2) is 22.1 Å². The van der Waals surface area contributed by atoms with Crippen LogP contribution in [0.2, 0.25) is 0 Å². The lowest BCUT2D eigenvalue weighted by Gasteiger charge is -2.30. The third-order valence-corrected chi connectivity index (χ3v) is 3.62. The van der Waals surface area contributed by atoms with Crippen molar-refractivity contribution >= 4 is 11.9 Å². The Balaban J connectivity index is 2.40. The summed E-state index contributed by atoms with van der Waals surface area (Å²) in [6.45, 7) is 1.69. The van der Waals surface area contributed by atoms with E-state index in [1.54, 1.807) is 37.3 Å². The highest BCUT2D eigenvalue weighted by Crippen LogP contribution is 2.27. The summed E-state index contributed by atoms with van der Waals surface area (Å²) in [5, 5.41) is 21.6. The third-order valence-electron chi connectivity index (χ3n) is 3.62. The Morgan fingerprint density at radius 1 is 1.05 bits per heavy atom. The SMILES string of the molecule is CCC(NC(=O)c1ccccc1)(C(=O)O)c1ccc(O)cc1. The Bertz CT molecular complexity index is 667. The molecule has 0 bridgehead atoms. The van der Waals surface area contributed by atoms with Crippen molar-refractivity contribution in [3.63, 3.8) is 0 Å². The molecule has 0 aromatic heterocycles. The Hall–Kier alpha value is -2.82. The average molecular weight is 299 g/mol. The molecule has 0 spiro atoms. The van der Waals surface area contributed by atoms with Gasteiger partial charge in [-0.2, -0.15) is 0 Å². The number of phenols is 1. The van der Waals surface area contributed by atoms with E-state index in [2.05, 4.69) is 5.32 Å². The molecule has 1 amide bonds. The smallest absolute Gasteiger partial charge is 0.334 e. The first-order valence-electron chi connectivity index (χ1n) is 6.90. The van der Waals surface area contributed by atoms with Gasteiger partial charge in [0.1, 0.15) is 5.75 Å². The number of carbonyl (C=O) groups excluding carboxylic acids is 1. The maximum atomic E-state index is 12.3. The first kappa shape index (κ1) is 15.6. The maximum Gasteiger partial charge on any atom is 0.334 e. The normalized spacial score (nSPS) is 13.1. The summed E-state index contributed by atoms with van der Waals surface area (Å²) in [7, 11) is 0. The number of aliphatic carboxylic acids is 1. The van der Waals surface area contributed by atoms with Gasteiger partial charge in [0.05, 0.1) is 0 Å². The highest BCUT2D eigenvalue weighted by molar-refractivity contribution is 5.98. The molecule has 2 aromatic carbocycles. The molecule has 0 aliphatic heterocycles. The van der Waals surface area contributed by atoms with E-state index < -0.39 is 17.4 Å². The van der Waals surface area contributed by atoms with Gasteiger partial charge < -0.3 is 15.5 Å². The number of benzene rings is 2. The third kappa shape index (κ3) is 2.93. The number of carbonyl (C=O) groups is 2. The Labute approximate surface area is 128 Å². The number of carboxylic acids is 1. The Morgan fingerprint density at radius 2 is 1.64 bits per heavy atom. The molecule has 5 heteroatoms. The fourth-order valence-corrected chi connectivity index (χ4v) is 2.29. The van der Waals surface area contributed by atoms with Crippen LogP contribution in [0.5, 0.6) is 5.75 Å². The van der Waals surface area contributed by atoms with Gasteiger partial charge in [-0.1, -0.05) is 37.3 Å². The van der Waals surface area contributed by atoms with E-state index in [-0.39, 0.29) is 12.2 Å². The Morgan fingerprint density at radius 3 is 2.14 bits per heavy atom. The number of nitrogens with one attached hydrogen (secondary N) is 1. The molecule has 114 valence electrons. The van der Waals surface area contributed by atoms with Gasteiger partial charge in [0.25, 0.3) is 5.91 Å². The van der Waals surface area contributed by atoms with E-state index in [9.17, 15) is 19.8 Å². The summed E-state index contributed by atoms with van der Waals surface area (Å²) in [5.74, 6) is -1.57. The van der Waals surface area contributed by atoms with E-state index in [1.165, 1.54) is 24.3 Å². The van der Waals surface area contributed by atoms with Crippen molar-refractivity contribution in [3.05, 3.63) is 65.7 Å². The topological polar surface area (TPSA) is 86.6 Å². The van der Waals surface area contributed by atoms with Crippen LogP contribution in [0.1, 0.15) is 29.3 Å². The van der Waals surface area contributed by atoms with E-state index >= 15 is 0 Å². The molecule has 22 heavy (non-hydrogen) atoms. The number of rotatable bonds is 5. The lowest BCUT2D eigenvalue weighted by molar-refractivity contribution is -0.145. The Kier molecular flexibility index (Phi) is 4.46. The second-order valence-electron chi connectivity index (χ2n) is 4.93. The molecule has 0 aliphatic carbocycles. The van der Waals surface area contributed by atoms with E-state index in [1.807, 2.05) is 0 Å². The quantitative estimate of drug-likeness (QED) is 0.791. The largest absolute Gasteiger partial charge is 0.508 e. The molecule has 3 N–H and O–H groups in total. The summed E-state index contributed by atoms with van der Waals surface area (Å²) >= 11 is 0. The molecule has 0 radical (unpaired) electrons. The van der Waals surface area contributed by atoms with Crippen molar-refractivity contribution in [2.24, 2.45) is 0 Å². The highest BCUT2D eigenvalue weighted by Gasteiger charge is 2.40. The van der Waals surface area contributed by atoms with Gasteiger partial charge >= 0.3 is 5.97 Å². The molecule has 0 fully saturated rings. The van der Waals surface area contributed by atoms with Crippen molar-refractivity contribution in [3.8, 4) is 5.75 Å². The molecule has 5 nitrogen and oxygen atoms in total. The molecular formula is C17H17NO4. The maximum absolute atomic E-state index is 12.3. The van der Waals surface area contributed by atoms with E-state index in [0.29, 0.717) is 11.1 Å². The fraction of sp³-hybridized carbons (Fsp3) is 0.176. The van der Waals surface area contributed by atoms with Gasteiger partial charge in [0.2, 0.25) is 0 Å². The average Bonchev–Trinajstić information content (AvgIpc) is 2.54. The minimum atomic E-state index is -1.54. The molecule has 0 saturated carbocycles. The summed E-state index contributed by atoms with van der Waals surface area (Å²) in [5.41, 5.74) is -0.745. The number of amides is 1. The number of hydrogen-bond acceptors (Lipinski definition) is 3. The number of phenolic OH excluding ortho intramolecular Hbond substituents is 1. The molecule has 1 atom stereocenters. The van der Waals surface area contributed by atoms with E-state index in [0.717, 1.165) is 0 Å². The van der Waals surface area contributed by atoms with Crippen LogP contribution >= 0.6 is 0 Å². The van der Waals surface area contributed by atoms with Crippen LogP contribution in [-0.2, 0) is 10.3 Å². The van der Waals surface area contributed by atoms with Gasteiger partial charge in [-0.25, -0.2) is 4.79 Å². The van der Waals surface area contributed by atoms with Crippen LogP contribution in [0, 0.1) is 0 Å². The standard InChI is InChI=1S/C17H17NO4/c1-2-17(16(21)22,13-8-10-14(19)11-9-13)18-15(20)12-6-4-3-5-7-12/h3-11,19H,2H2,1H3,(H,18,20)(H,21,22). The highest BCUT2D eigenvalue weighted by atomic mass is 16.4. The fourth-order valence-electron chi connectivity index (χ4n) is 2.29. The van der Waals surface area contributed by atoms with E-state index in [4.69, 9.17) is 0 Å². The summed E-state index contributed by atoms with van der Waals surface area (Å²) < 4.78 is 0. The van der Waals surface area contributed by atoms with Crippen molar-refractivity contribution in [2.45, 2.75) is 18.9 Å². The van der Waals surface area contributed by atoms with Gasteiger partial charge in [-0.3, -0.25) is 4.79 Å². The van der Waals surface area contributed by atoms with Crippen molar-refractivity contribution in [2.75, 3.05) is 0 Å². The van der Waals surface area contributed by atoms with Crippen molar-refractivity contribution in [1.29, 1.82) is 0 Å². The number of aromatic hydroxyl groups is 1. The molecule has 2 rings (SSSR count). The van der Waals surface area contributed by atoms with Crippen LogP contribution < -0.4 is 5.32 Å². The lowest BCUT2D eigenvalue weighted by Crippen LogP contribution is -2.51. The predicted molar refractivity (Wildman–Crippen MR) is 81.6 cm³/mol. The molecule has 0 aliphatic rings. The van der Waals surface area contributed by atoms with Gasteiger partial charge in [-0.15, -0.1) is 0 Å². The van der Waals surface area contributed by atoms with Crippen molar-refractivity contribution in [1.82, 2.24) is 5.32 Å². The summed E-state index contributed by atoms with van der Waals surface area (Å²) in [6.07, 6.45) is 0.172. The predicted octanol–water partition coefficient (Wildman–Crippen LogP) is 2.51. The van der Waals surface area contributed by atoms with Gasteiger partial charge in [0.15, 0.2) is 5.54 Å². The zero-order valence-corrected chi connectivity index (χ0v) is 12.1. The molecule has 0 saturated heterocycles. The van der Waals surface area contributed by atoms with Crippen LogP contribution in [0.3, 0.4) is 0 Å². The monoisotopic (exact) mass is 299 g/mol. The summed E-state index contributed by atoms with van der Waals surface area (Å²) in [6, 6.07) is 14.2. The lowest BCUT2D eigenvalue weighted by atomic mass is 9.86. The zero-order valence-electron chi connectivity index (χ0n) is 12.1. The van der Waals surface area contributed by atoms with Gasteiger partial charge in [-0.05, 0) is 36.2 Å². The second-order valence-corrected chi connectivity index (χ2v) is 4.93. The molecule has 1 unspecified atom stereocenters. The number of hydrogen-bond donors (Lipinski definition) is 3. The first-order valence-corrected chi connectivity index (χ1v) is 6.90. The van der Waals surface area contributed by atoms with Crippen LogP contribution in [0.25, 0.3) is 0 Å². The zero-order chi connectivity index (χ0) is 16.2. The van der Waals surface area contributed by atoms with Crippen LogP contribution in [0.4, 0.5) is 0 Å². The molecular weight excluding hydrogens is 282 g/mol. The summed E-state index contributed by atoms with van der Waals surface area (Å²) in [4.78, 5) is 24.2. The van der Waals surface area contributed by atoms with Gasteiger partial charge in [0, 0.05) is 5.56 Å². The molecule has 0 heterocycles.